The number of nitrogens with zero attached hydrogens (tertiary/aromatic N) is 4. The summed E-state index contributed by atoms with van der Waals surface area (Å²) in [5, 5.41) is 12.6. The van der Waals surface area contributed by atoms with E-state index in [0.717, 1.165) is 22.6 Å². The molecule has 5 nitrogen and oxygen atoms in total. The van der Waals surface area contributed by atoms with E-state index in [-0.39, 0.29) is 6.04 Å². The Balaban J connectivity index is 2.59. The van der Waals surface area contributed by atoms with E-state index in [9.17, 15) is 0 Å². The summed E-state index contributed by atoms with van der Waals surface area (Å²) in [6.45, 7) is 4.07. The van der Waals surface area contributed by atoms with Crippen LogP contribution in [0.15, 0.2) is 6.20 Å². The highest BCUT2D eigenvalue weighted by atomic mass is 35.5. The van der Waals surface area contributed by atoms with Gasteiger partial charge in [-0.25, -0.2) is 0 Å². The van der Waals surface area contributed by atoms with E-state index in [0.29, 0.717) is 5.02 Å². The summed E-state index contributed by atoms with van der Waals surface area (Å²) in [7, 11) is 5.76. The summed E-state index contributed by atoms with van der Waals surface area (Å²) in [4.78, 5) is 0. The van der Waals surface area contributed by atoms with Gasteiger partial charge < -0.3 is 5.32 Å². The first-order chi connectivity index (χ1) is 8.47. The molecule has 2 rings (SSSR count). The van der Waals surface area contributed by atoms with Crippen molar-refractivity contribution in [2.45, 2.75) is 19.9 Å². The fraction of sp³-hybridized carbons (Fsp3) is 0.500. The molecule has 0 amide bonds. The minimum Gasteiger partial charge on any atom is -0.308 e. The highest BCUT2D eigenvalue weighted by Crippen LogP contribution is 2.30. The van der Waals surface area contributed by atoms with Gasteiger partial charge in [0, 0.05) is 25.4 Å². The van der Waals surface area contributed by atoms with Gasteiger partial charge in [0.1, 0.15) is 0 Å². The molecule has 1 atom stereocenters. The van der Waals surface area contributed by atoms with E-state index in [4.69, 9.17) is 11.6 Å². The van der Waals surface area contributed by atoms with E-state index >= 15 is 0 Å². The van der Waals surface area contributed by atoms with Crippen LogP contribution in [0.2, 0.25) is 5.02 Å². The maximum Gasteiger partial charge on any atom is 0.0837 e. The lowest BCUT2D eigenvalue weighted by molar-refractivity contribution is 0.600. The van der Waals surface area contributed by atoms with Crippen LogP contribution in [0.1, 0.15) is 28.7 Å². The number of hydrogen-bond donors (Lipinski definition) is 1. The van der Waals surface area contributed by atoms with Gasteiger partial charge in [-0.1, -0.05) is 11.6 Å². The van der Waals surface area contributed by atoms with Crippen molar-refractivity contribution in [1.82, 2.24) is 24.9 Å². The Morgan fingerprint density at radius 1 is 1.28 bits per heavy atom. The summed E-state index contributed by atoms with van der Waals surface area (Å²) >= 11 is 6.23. The van der Waals surface area contributed by atoms with Gasteiger partial charge in [-0.3, -0.25) is 9.36 Å². The minimum atomic E-state index is -0.00120. The van der Waals surface area contributed by atoms with Crippen LogP contribution in [-0.2, 0) is 14.1 Å². The normalized spacial score (nSPS) is 13.0. The van der Waals surface area contributed by atoms with Crippen LogP contribution in [0, 0.1) is 13.8 Å². The van der Waals surface area contributed by atoms with Crippen LogP contribution >= 0.6 is 11.6 Å². The van der Waals surface area contributed by atoms with E-state index in [2.05, 4.69) is 22.4 Å². The Bertz CT molecular complexity index is 550. The van der Waals surface area contributed by atoms with Crippen molar-refractivity contribution in [1.29, 1.82) is 0 Å². The predicted octanol–water partition coefficient (Wildman–Crippen LogP) is 1.73. The molecule has 6 heteroatoms. The topological polar surface area (TPSA) is 47.7 Å². The lowest BCUT2D eigenvalue weighted by Crippen LogP contribution is -2.22. The number of aryl methyl sites for hydroxylation is 3. The van der Waals surface area contributed by atoms with Gasteiger partial charge in [0.15, 0.2) is 0 Å². The average molecular weight is 268 g/mol. The summed E-state index contributed by atoms with van der Waals surface area (Å²) < 4.78 is 3.69. The van der Waals surface area contributed by atoms with Crippen LogP contribution in [-0.4, -0.2) is 26.6 Å². The van der Waals surface area contributed by atoms with Gasteiger partial charge in [-0.05, 0) is 20.9 Å². The molecule has 0 bridgehead atoms. The molecule has 18 heavy (non-hydrogen) atoms. The van der Waals surface area contributed by atoms with E-state index in [1.165, 1.54) is 0 Å². The third-order valence-corrected chi connectivity index (χ3v) is 3.64. The molecule has 0 aliphatic rings. The second kappa shape index (κ2) is 4.74. The molecule has 0 aliphatic heterocycles. The number of aromatic nitrogens is 4. The molecular weight excluding hydrogens is 250 g/mol. The van der Waals surface area contributed by atoms with Crippen LogP contribution in [0.4, 0.5) is 0 Å². The smallest absolute Gasteiger partial charge is 0.0837 e. The van der Waals surface area contributed by atoms with E-state index in [1.807, 2.05) is 32.7 Å². The molecule has 2 heterocycles. The molecule has 0 aromatic carbocycles. The number of hydrogen-bond acceptors (Lipinski definition) is 3. The SMILES string of the molecule is CNC(c1c(C)nn(C)c1C)c1c(Cl)cnn1C. The van der Waals surface area contributed by atoms with E-state index < -0.39 is 0 Å². The lowest BCUT2D eigenvalue weighted by Gasteiger charge is -2.18. The Labute approximate surface area is 112 Å². The molecule has 0 saturated heterocycles. The largest absolute Gasteiger partial charge is 0.308 e. The Hall–Kier alpha value is -1.33. The summed E-state index contributed by atoms with van der Waals surface area (Å²) in [6, 6.07) is -0.00120. The molecule has 0 aliphatic carbocycles. The van der Waals surface area contributed by atoms with E-state index in [1.54, 1.807) is 10.9 Å². The molecule has 1 N–H and O–H groups in total. The molecule has 2 aromatic rings. The van der Waals surface area contributed by atoms with Gasteiger partial charge in [-0.15, -0.1) is 0 Å². The molecule has 2 aromatic heterocycles. The average Bonchev–Trinajstić information content (AvgIpc) is 2.76. The zero-order valence-electron chi connectivity index (χ0n) is 11.3. The van der Waals surface area contributed by atoms with Crippen LogP contribution in [0.3, 0.4) is 0 Å². The number of halogens is 1. The standard InChI is InChI=1S/C12H18ClN5/c1-7-10(8(2)17(4)16-7)11(14-3)12-9(13)6-15-18(12)5/h6,11,14H,1-5H3. The van der Waals surface area contributed by atoms with Gasteiger partial charge >= 0.3 is 0 Å². The summed E-state index contributed by atoms with van der Waals surface area (Å²) in [5.74, 6) is 0. The van der Waals surface area contributed by atoms with Gasteiger partial charge in [0.25, 0.3) is 0 Å². The first-order valence-corrected chi connectivity index (χ1v) is 6.20. The van der Waals surface area contributed by atoms with Crippen LogP contribution in [0.25, 0.3) is 0 Å². The zero-order valence-corrected chi connectivity index (χ0v) is 12.1. The predicted molar refractivity (Wildman–Crippen MR) is 71.8 cm³/mol. The highest BCUT2D eigenvalue weighted by Gasteiger charge is 2.25. The van der Waals surface area contributed by atoms with Crippen molar-refractivity contribution in [2.24, 2.45) is 14.1 Å². The van der Waals surface area contributed by atoms with Crippen molar-refractivity contribution in [3.05, 3.63) is 33.9 Å². The first kappa shape index (κ1) is 13.1. The van der Waals surface area contributed by atoms with Crippen LogP contribution < -0.4 is 5.32 Å². The highest BCUT2D eigenvalue weighted by molar-refractivity contribution is 6.31. The monoisotopic (exact) mass is 267 g/mol. The maximum absolute atomic E-state index is 6.23. The number of nitrogens with one attached hydrogen (secondary N) is 1. The van der Waals surface area contributed by atoms with Crippen molar-refractivity contribution in [3.8, 4) is 0 Å². The fourth-order valence-corrected chi connectivity index (χ4v) is 2.65. The quantitative estimate of drug-likeness (QED) is 0.921. The molecule has 1 unspecified atom stereocenters. The van der Waals surface area contributed by atoms with Gasteiger partial charge in [0.2, 0.25) is 0 Å². The molecule has 98 valence electrons. The van der Waals surface area contributed by atoms with Crippen molar-refractivity contribution < 1.29 is 0 Å². The Kier molecular flexibility index (Phi) is 3.45. The molecule has 0 fully saturated rings. The Morgan fingerprint density at radius 3 is 2.33 bits per heavy atom. The minimum absolute atomic E-state index is 0.00120. The van der Waals surface area contributed by atoms with Crippen molar-refractivity contribution in [3.63, 3.8) is 0 Å². The molecule has 0 radical (unpaired) electrons. The first-order valence-electron chi connectivity index (χ1n) is 5.82. The summed E-state index contributed by atoms with van der Waals surface area (Å²) in [5.41, 5.74) is 4.25. The fourth-order valence-electron chi connectivity index (χ4n) is 2.37. The summed E-state index contributed by atoms with van der Waals surface area (Å²) in [6.07, 6.45) is 1.67. The second-order valence-electron chi connectivity index (χ2n) is 4.43. The third kappa shape index (κ3) is 1.93. The maximum atomic E-state index is 6.23. The van der Waals surface area contributed by atoms with Crippen molar-refractivity contribution >= 4 is 11.6 Å². The van der Waals surface area contributed by atoms with Gasteiger partial charge in [0.05, 0.1) is 28.6 Å². The molecule has 0 spiro atoms. The molecular formula is C12H18ClN5. The molecule has 0 saturated carbocycles. The lowest BCUT2D eigenvalue weighted by atomic mass is 10.0. The van der Waals surface area contributed by atoms with Gasteiger partial charge in [-0.2, -0.15) is 10.2 Å². The van der Waals surface area contributed by atoms with Crippen molar-refractivity contribution in [2.75, 3.05) is 7.05 Å². The Morgan fingerprint density at radius 2 is 1.94 bits per heavy atom. The third-order valence-electron chi connectivity index (χ3n) is 3.35. The second-order valence-corrected chi connectivity index (χ2v) is 4.84. The zero-order chi connectivity index (χ0) is 13.4. The number of rotatable bonds is 3. The van der Waals surface area contributed by atoms with Crippen LogP contribution in [0.5, 0.6) is 0 Å².